The number of allylic oxidation sites excluding steroid dienone is 28. The number of rotatable bonds is 17. The smallest absolute Gasteiger partial charge is 0.138 e. The van der Waals surface area contributed by atoms with Gasteiger partial charge in [-0.1, -0.05) is 208 Å². The number of fused-ring (bicyclic) bond motifs is 3. The third-order valence-electron chi connectivity index (χ3n) is 15.3. The number of nitrogens with zero attached hydrogens (tertiary/aromatic N) is 3. The standard InChI is InChI=1S/C78H73N3/c1-8-11-21-33-56(4)67-54-74(57(5)34-22-12-9-2)79-77(55-67)81-76-48-46-66(51-72(76)73-53-68(62-37-27-19-28-38-62)52-71(78(73)81)64-41-25-15-16-26-42-64)65-45-47-75(58(6)49-65)80(69-43-31-17-18-32-44-69)59(7)70(63-39-29-20-30-40-63)50-60(10-3)61-35-23-13-14-24-36-61/h9-13,15-17,19-23,25,27-35,37-55H,5,7-8,14,18,24,26,36H2,1-4,6H3/b12-9-,21-11-,34-22-,56-33+,60-10+,70-50+. The summed E-state index contributed by atoms with van der Waals surface area (Å²) < 4.78 is 2.40. The summed E-state index contributed by atoms with van der Waals surface area (Å²) in [5.74, 6) is 0.832. The molecule has 400 valence electrons. The number of hydrogen-bond acceptors (Lipinski definition) is 2. The lowest BCUT2D eigenvalue weighted by Gasteiger charge is -2.31. The van der Waals surface area contributed by atoms with Crippen molar-refractivity contribution in [2.45, 2.75) is 73.1 Å². The highest BCUT2D eigenvalue weighted by atomic mass is 15.2. The molecule has 7 aromatic rings. The Morgan fingerprint density at radius 2 is 1.48 bits per heavy atom. The number of hydrogen-bond donors (Lipinski definition) is 0. The van der Waals surface area contributed by atoms with Crippen molar-refractivity contribution in [2.75, 3.05) is 4.90 Å². The molecule has 5 aromatic carbocycles. The normalized spacial score (nSPS) is 15.2. The summed E-state index contributed by atoms with van der Waals surface area (Å²) in [6.07, 6.45) is 54.1. The zero-order valence-corrected chi connectivity index (χ0v) is 47.7. The molecule has 3 nitrogen and oxygen atoms in total. The molecule has 0 aliphatic heterocycles. The first-order valence-corrected chi connectivity index (χ1v) is 28.7. The van der Waals surface area contributed by atoms with Crippen molar-refractivity contribution in [3.8, 4) is 28.1 Å². The van der Waals surface area contributed by atoms with Gasteiger partial charge in [0.2, 0.25) is 0 Å². The third-order valence-corrected chi connectivity index (χ3v) is 15.3. The molecule has 0 radical (unpaired) electrons. The van der Waals surface area contributed by atoms with Crippen LogP contribution in [0.15, 0.2) is 291 Å². The molecule has 81 heavy (non-hydrogen) atoms. The van der Waals surface area contributed by atoms with Crippen molar-refractivity contribution < 1.29 is 0 Å². The third kappa shape index (κ3) is 12.4. The predicted molar refractivity (Wildman–Crippen MR) is 353 cm³/mol. The Morgan fingerprint density at radius 1 is 0.704 bits per heavy atom. The van der Waals surface area contributed by atoms with Crippen LogP contribution in [-0.4, -0.2) is 9.55 Å². The first-order valence-electron chi connectivity index (χ1n) is 28.7. The lowest BCUT2D eigenvalue weighted by molar-refractivity contribution is 0.849. The number of benzene rings is 5. The molecule has 3 aliphatic rings. The molecule has 0 unspecified atom stereocenters. The Balaban J connectivity index is 1.18. The van der Waals surface area contributed by atoms with Crippen LogP contribution < -0.4 is 4.90 Å². The van der Waals surface area contributed by atoms with E-state index in [-0.39, 0.29) is 0 Å². The number of anilines is 1. The Morgan fingerprint density at radius 3 is 2.28 bits per heavy atom. The Bertz CT molecular complexity index is 3980. The molecule has 0 saturated carbocycles. The van der Waals surface area contributed by atoms with E-state index in [1.807, 2.05) is 31.2 Å². The van der Waals surface area contributed by atoms with Gasteiger partial charge in [0.15, 0.2) is 0 Å². The molecule has 0 fully saturated rings. The van der Waals surface area contributed by atoms with Crippen molar-refractivity contribution in [3.63, 3.8) is 0 Å². The molecule has 0 bridgehead atoms. The molecule has 3 aliphatic carbocycles. The van der Waals surface area contributed by atoms with Gasteiger partial charge in [-0.05, 0) is 200 Å². The van der Waals surface area contributed by atoms with Gasteiger partial charge in [-0.25, -0.2) is 4.98 Å². The highest BCUT2D eigenvalue weighted by molar-refractivity contribution is 6.15. The second-order valence-corrected chi connectivity index (χ2v) is 20.9. The van der Waals surface area contributed by atoms with Crippen LogP contribution in [0.3, 0.4) is 0 Å². The van der Waals surface area contributed by atoms with Crippen molar-refractivity contribution >= 4 is 49.8 Å². The molecule has 10 rings (SSSR count). The van der Waals surface area contributed by atoms with Gasteiger partial charge in [-0.15, -0.1) is 0 Å². The minimum Gasteiger partial charge on any atom is -0.310 e. The zero-order valence-electron chi connectivity index (χ0n) is 47.7. The van der Waals surface area contributed by atoms with E-state index in [4.69, 9.17) is 11.6 Å². The Kier molecular flexibility index (Phi) is 17.7. The second kappa shape index (κ2) is 26.1. The summed E-state index contributed by atoms with van der Waals surface area (Å²) in [7, 11) is 0. The van der Waals surface area contributed by atoms with Gasteiger partial charge in [-0.2, -0.15) is 0 Å². The predicted octanol–water partition coefficient (Wildman–Crippen LogP) is 21.7. The molecule has 2 heterocycles. The fourth-order valence-corrected chi connectivity index (χ4v) is 11.0. The fourth-order valence-electron chi connectivity index (χ4n) is 11.0. The maximum atomic E-state index is 5.53. The highest BCUT2D eigenvalue weighted by Crippen LogP contribution is 2.44. The van der Waals surface area contributed by atoms with E-state index in [2.05, 4.69) is 274 Å². The molecule has 0 saturated heterocycles. The van der Waals surface area contributed by atoms with Gasteiger partial charge in [0.1, 0.15) is 5.82 Å². The van der Waals surface area contributed by atoms with Crippen LogP contribution in [0.25, 0.3) is 72.2 Å². The summed E-state index contributed by atoms with van der Waals surface area (Å²) in [5, 5.41) is 2.30. The highest BCUT2D eigenvalue weighted by Gasteiger charge is 2.24. The summed E-state index contributed by atoms with van der Waals surface area (Å²) in [4.78, 5) is 7.88. The van der Waals surface area contributed by atoms with Crippen molar-refractivity contribution in [1.82, 2.24) is 9.55 Å². The fraction of sp³-hybridized carbons (Fsp3) is 0.141. The molecular formula is C78H73N3. The van der Waals surface area contributed by atoms with Crippen LogP contribution >= 0.6 is 0 Å². The van der Waals surface area contributed by atoms with Crippen molar-refractivity contribution in [2.24, 2.45) is 0 Å². The quantitative estimate of drug-likeness (QED) is 0.0848. The van der Waals surface area contributed by atoms with E-state index < -0.39 is 0 Å². The topological polar surface area (TPSA) is 21.1 Å². The number of pyridine rings is 1. The van der Waals surface area contributed by atoms with Crippen LogP contribution in [0.5, 0.6) is 0 Å². The van der Waals surface area contributed by atoms with Crippen molar-refractivity contribution in [3.05, 3.63) is 319 Å². The van der Waals surface area contributed by atoms with Crippen LogP contribution in [-0.2, 0) is 0 Å². The molecule has 2 aromatic heterocycles. The Hall–Kier alpha value is -9.31. The van der Waals surface area contributed by atoms with Gasteiger partial charge in [0.05, 0.1) is 16.7 Å². The van der Waals surface area contributed by atoms with Crippen molar-refractivity contribution in [1.29, 1.82) is 0 Å². The van der Waals surface area contributed by atoms with Gasteiger partial charge in [0, 0.05) is 39.0 Å². The van der Waals surface area contributed by atoms with Gasteiger partial charge < -0.3 is 4.90 Å². The largest absolute Gasteiger partial charge is 0.310 e. The summed E-state index contributed by atoms with van der Waals surface area (Å²) in [6.45, 7) is 20.3. The minimum absolute atomic E-state index is 0.823. The average molecular weight is 1050 g/mol. The summed E-state index contributed by atoms with van der Waals surface area (Å²) >= 11 is 0. The van der Waals surface area contributed by atoms with Crippen LogP contribution in [0.4, 0.5) is 5.69 Å². The van der Waals surface area contributed by atoms with Crippen LogP contribution in [0.1, 0.15) is 94.2 Å². The Labute approximate surface area is 481 Å². The molecular weight excluding hydrogens is 979 g/mol. The molecule has 0 atom stereocenters. The summed E-state index contributed by atoms with van der Waals surface area (Å²) in [5.41, 5.74) is 21.9. The number of aryl methyl sites for hydroxylation is 1. The maximum absolute atomic E-state index is 5.53. The molecule has 3 heteroatoms. The average Bonchev–Trinajstić information content (AvgIpc) is 3.78. The maximum Gasteiger partial charge on any atom is 0.138 e. The van der Waals surface area contributed by atoms with E-state index in [1.165, 1.54) is 22.3 Å². The first-order chi connectivity index (χ1) is 39.7. The van der Waals surface area contributed by atoms with Crippen LogP contribution in [0, 0.1) is 6.92 Å². The van der Waals surface area contributed by atoms with Gasteiger partial charge >= 0.3 is 0 Å². The van der Waals surface area contributed by atoms with Gasteiger partial charge in [-0.3, -0.25) is 4.57 Å². The zero-order chi connectivity index (χ0) is 56.1. The van der Waals surface area contributed by atoms with E-state index in [9.17, 15) is 0 Å². The van der Waals surface area contributed by atoms with Crippen LogP contribution in [0.2, 0.25) is 0 Å². The molecule has 0 amide bonds. The van der Waals surface area contributed by atoms with E-state index in [0.29, 0.717) is 0 Å². The lowest BCUT2D eigenvalue weighted by atomic mass is 9.93. The second-order valence-electron chi connectivity index (χ2n) is 20.9. The molecule has 0 N–H and O–H groups in total. The van der Waals surface area contributed by atoms with E-state index in [0.717, 1.165) is 145 Å². The lowest BCUT2D eigenvalue weighted by Crippen LogP contribution is -2.22. The molecule has 0 spiro atoms. The summed E-state index contributed by atoms with van der Waals surface area (Å²) in [6, 6.07) is 44.6. The first kappa shape index (κ1) is 55.0. The van der Waals surface area contributed by atoms with E-state index >= 15 is 0 Å². The monoisotopic (exact) mass is 1050 g/mol. The van der Waals surface area contributed by atoms with E-state index in [1.54, 1.807) is 0 Å². The van der Waals surface area contributed by atoms with Gasteiger partial charge in [0.25, 0.3) is 0 Å². The minimum atomic E-state index is 0.823. The number of aromatic nitrogens is 2. The SMILES string of the molecule is C=C(/C=C\C=C/C)c1cc(/C(C)=C/C=C\CC)cc(-n2c3ccc(-c4ccc(N(C(=C)/C(=C\C(=C/C)C5=CC=CCCC5)c5ccccc5)C5=CC=CCC=C5)c(C)c4)cc3c3cc(-c4ccccc4)cc(C4=CCC=CC=C4)c32)n1.